The first-order valence-electron chi connectivity index (χ1n) is 10.5. The van der Waals surface area contributed by atoms with Crippen molar-refractivity contribution < 1.29 is 17.5 Å². The molecule has 168 valence electrons. The summed E-state index contributed by atoms with van der Waals surface area (Å²) in [5, 5.41) is 4.41. The number of benzene rings is 2. The van der Waals surface area contributed by atoms with Crippen molar-refractivity contribution in [3.63, 3.8) is 0 Å². The number of sulfone groups is 1. The third kappa shape index (κ3) is 3.92. The van der Waals surface area contributed by atoms with Gasteiger partial charge in [-0.25, -0.2) is 17.8 Å². The second kappa shape index (κ2) is 7.68. The van der Waals surface area contributed by atoms with Gasteiger partial charge in [0.25, 0.3) is 0 Å². The first kappa shape index (κ1) is 21.1. The Morgan fingerprint density at radius 1 is 1.22 bits per heavy atom. The topological polar surface area (TPSA) is 97.6 Å². The summed E-state index contributed by atoms with van der Waals surface area (Å²) in [5.41, 5.74) is 9.11. The van der Waals surface area contributed by atoms with Gasteiger partial charge in [-0.1, -0.05) is 11.6 Å². The fraction of sp³-hybridized carbons (Fsp3) is 0.348. The van der Waals surface area contributed by atoms with Gasteiger partial charge < -0.3 is 20.7 Å². The number of anilines is 2. The lowest BCUT2D eigenvalue weighted by molar-refractivity contribution is -0.0461. The molecule has 0 saturated carbocycles. The summed E-state index contributed by atoms with van der Waals surface area (Å²) >= 11 is 0. The lowest BCUT2D eigenvalue weighted by Crippen LogP contribution is -2.61. The first-order chi connectivity index (χ1) is 15.2. The summed E-state index contributed by atoms with van der Waals surface area (Å²) in [6, 6.07) is 11.8. The van der Waals surface area contributed by atoms with E-state index in [0.717, 1.165) is 22.2 Å². The zero-order valence-corrected chi connectivity index (χ0v) is 18.6. The van der Waals surface area contributed by atoms with Gasteiger partial charge in [-0.05, 0) is 42.8 Å². The molecule has 1 aromatic heterocycles. The van der Waals surface area contributed by atoms with E-state index in [2.05, 4.69) is 11.4 Å². The zero-order valence-electron chi connectivity index (χ0n) is 17.8. The van der Waals surface area contributed by atoms with E-state index in [9.17, 15) is 12.8 Å². The molecule has 0 amide bonds. The van der Waals surface area contributed by atoms with E-state index >= 15 is 0 Å². The number of halogens is 1. The van der Waals surface area contributed by atoms with Gasteiger partial charge in [-0.2, -0.15) is 0 Å². The second-order valence-electron chi connectivity index (χ2n) is 8.75. The van der Waals surface area contributed by atoms with Crippen molar-refractivity contribution in [2.45, 2.75) is 23.9 Å². The van der Waals surface area contributed by atoms with Crippen LogP contribution in [0.5, 0.6) is 0 Å². The average Bonchev–Trinajstić information content (AvgIpc) is 2.86. The van der Waals surface area contributed by atoms with Crippen LogP contribution in [0, 0.1) is 12.7 Å². The highest BCUT2D eigenvalue weighted by Gasteiger charge is 2.34. The van der Waals surface area contributed by atoms with Crippen LogP contribution in [0.4, 0.5) is 15.9 Å². The predicted molar refractivity (Wildman–Crippen MR) is 122 cm³/mol. The highest BCUT2D eigenvalue weighted by Crippen LogP contribution is 2.32. The van der Waals surface area contributed by atoms with Gasteiger partial charge in [-0.15, -0.1) is 0 Å². The molecule has 0 unspecified atom stereocenters. The van der Waals surface area contributed by atoms with Crippen LogP contribution >= 0.6 is 0 Å². The number of fused-ring (bicyclic) bond motifs is 2. The van der Waals surface area contributed by atoms with Crippen LogP contribution in [-0.4, -0.2) is 51.0 Å². The van der Waals surface area contributed by atoms with Crippen molar-refractivity contribution in [3.05, 3.63) is 59.4 Å². The smallest absolute Gasteiger partial charge is 0.180 e. The number of pyridine rings is 1. The predicted octanol–water partition coefficient (Wildman–Crippen LogP) is 2.62. The van der Waals surface area contributed by atoms with Gasteiger partial charge in [0.15, 0.2) is 9.84 Å². The van der Waals surface area contributed by atoms with Crippen molar-refractivity contribution in [2.24, 2.45) is 5.73 Å². The molecule has 1 saturated heterocycles. The summed E-state index contributed by atoms with van der Waals surface area (Å²) in [5.74, 6) is 0.110. The number of aromatic nitrogens is 1. The molecule has 3 aromatic rings. The molecule has 0 spiro atoms. The van der Waals surface area contributed by atoms with Crippen LogP contribution in [-0.2, 0) is 21.1 Å². The molecule has 1 fully saturated rings. The Kier molecular flexibility index (Phi) is 5.07. The number of nitrogens with one attached hydrogen (secondary N) is 1. The van der Waals surface area contributed by atoms with Crippen molar-refractivity contribution >= 4 is 32.2 Å². The fourth-order valence-electron chi connectivity index (χ4n) is 4.17. The fourth-order valence-corrected chi connectivity index (χ4v) is 5.65. The maximum atomic E-state index is 13.9. The SMILES string of the molecule is Cc1ccc2nc(N3CCS(=O)(=O)c4ccc(F)cc4C3)cc(NCC3(N)COC3)c2c1. The molecule has 9 heteroatoms. The van der Waals surface area contributed by atoms with Crippen molar-refractivity contribution in [1.82, 2.24) is 4.98 Å². The third-order valence-electron chi connectivity index (χ3n) is 6.03. The quantitative estimate of drug-likeness (QED) is 0.583. The van der Waals surface area contributed by atoms with E-state index in [0.29, 0.717) is 31.1 Å². The van der Waals surface area contributed by atoms with E-state index in [1.807, 2.05) is 30.0 Å². The Morgan fingerprint density at radius 2 is 2.03 bits per heavy atom. The number of rotatable bonds is 4. The molecule has 5 rings (SSSR count). The Hall–Kier alpha value is -2.75. The van der Waals surface area contributed by atoms with Gasteiger partial charge in [-0.3, -0.25) is 0 Å². The number of hydrogen-bond acceptors (Lipinski definition) is 7. The van der Waals surface area contributed by atoms with Gasteiger partial charge >= 0.3 is 0 Å². The summed E-state index contributed by atoms with van der Waals surface area (Å²) in [6.07, 6.45) is 0. The maximum absolute atomic E-state index is 13.9. The number of aryl methyl sites for hydroxylation is 1. The highest BCUT2D eigenvalue weighted by atomic mass is 32.2. The minimum Gasteiger partial charge on any atom is -0.382 e. The van der Waals surface area contributed by atoms with E-state index in [1.54, 1.807) is 0 Å². The Morgan fingerprint density at radius 3 is 2.78 bits per heavy atom. The van der Waals surface area contributed by atoms with Gasteiger partial charge in [0.05, 0.1) is 34.9 Å². The first-order valence-corrected chi connectivity index (χ1v) is 12.2. The molecule has 2 aliphatic rings. The molecule has 0 radical (unpaired) electrons. The van der Waals surface area contributed by atoms with Crippen molar-refractivity contribution in [3.8, 4) is 0 Å². The van der Waals surface area contributed by atoms with Gasteiger partial charge in [0.2, 0.25) is 0 Å². The van der Waals surface area contributed by atoms with E-state index in [4.69, 9.17) is 15.5 Å². The standard InChI is InChI=1S/C23H25FN4O3S/c1-15-2-4-19-18(8-15)20(26-12-23(25)13-31-14-23)10-22(27-19)28-6-7-32(29,30)21-5-3-17(24)9-16(21)11-28/h2-5,8-10H,6-7,11-14,25H2,1H3,(H,26,27). The normalized spacial score (nSPS) is 19.2. The Balaban J connectivity index is 1.55. The average molecular weight is 457 g/mol. The summed E-state index contributed by atoms with van der Waals surface area (Å²) < 4.78 is 44.6. The van der Waals surface area contributed by atoms with E-state index < -0.39 is 21.2 Å². The molecule has 32 heavy (non-hydrogen) atoms. The molecular formula is C23H25FN4O3S. The molecule has 7 nitrogen and oxygen atoms in total. The van der Waals surface area contributed by atoms with Crippen molar-refractivity contribution in [1.29, 1.82) is 0 Å². The molecule has 0 bridgehead atoms. The van der Waals surface area contributed by atoms with Crippen LogP contribution < -0.4 is 16.0 Å². The number of ether oxygens (including phenoxy) is 1. The van der Waals surface area contributed by atoms with Crippen LogP contribution in [0.15, 0.2) is 47.4 Å². The molecule has 2 aliphatic heterocycles. The second-order valence-corrected chi connectivity index (χ2v) is 10.8. The van der Waals surface area contributed by atoms with Crippen LogP contribution in [0.2, 0.25) is 0 Å². The summed E-state index contributed by atoms with van der Waals surface area (Å²) in [6.45, 7) is 4.08. The van der Waals surface area contributed by atoms with E-state index in [1.165, 1.54) is 18.2 Å². The minimum atomic E-state index is -3.50. The monoisotopic (exact) mass is 456 g/mol. The molecule has 0 aliphatic carbocycles. The lowest BCUT2D eigenvalue weighted by atomic mass is 9.99. The molecule has 3 heterocycles. The molecule has 0 atom stereocenters. The summed E-state index contributed by atoms with van der Waals surface area (Å²) in [7, 11) is -3.50. The van der Waals surface area contributed by atoms with Crippen molar-refractivity contribution in [2.75, 3.05) is 42.3 Å². The van der Waals surface area contributed by atoms with Crippen LogP contribution in [0.3, 0.4) is 0 Å². The largest absolute Gasteiger partial charge is 0.382 e. The number of nitrogens with zero attached hydrogens (tertiary/aromatic N) is 2. The maximum Gasteiger partial charge on any atom is 0.180 e. The lowest BCUT2D eigenvalue weighted by Gasteiger charge is -2.38. The molecular weight excluding hydrogens is 431 g/mol. The van der Waals surface area contributed by atoms with E-state index in [-0.39, 0.29) is 23.7 Å². The van der Waals surface area contributed by atoms with Crippen LogP contribution in [0.1, 0.15) is 11.1 Å². The Bertz CT molecular complexity index is 1310. The van der Waals surface area contributed by atoms with Gasteiger partial charge in [0.1, 0.15) is 11.6 Å². The third-order valence-corrected chi connectivity index (χ3v) is 7.82. The highest BCUT2D eigenvalue weighted by molar-refractivity contribution is 7.91. The van der Waals surface area contributed by atoms with Crippen LogP contribution in [0.25, 0.3) is 10.9 Å². The zero-order chi connectivity index (χ0) is 22.5. The van der Waals surface area contributed by atoms with Gasteiger partial charge in [0, 0.05) is 36.8 Å². The number of nitrogens with two attached hydrogens (primary N) is 1. The Labute approximate surface area is 186 Å². The minimum absolute atomic E-state index is 0.0642. The molecule has 3 N–H and O–H groups in total. The summed E-state index contributed by atoms with van der Waals surface area (Å²) in [4.78, 5) is 6.88. The number of hydrogen-bond donors (Lipinski definition) is 2. The molecule has 2 aromatic carbocycles.